The molecule has 86 valence electrons. The van der Waals surface area contributed by atoms with Gasteiger partial charge < -0.3 is 10.2 Å². The Morgan fingerprint density at radius 3 is 2.00 bits per heavy atom. The summed E-state index contributed by atoms with van der Waals surface area (Å²) in [5.41, 5.74) is 0. The van der Waals surface area contributed by atoms with Crippen molar-refractivity contribution in [3.8, 4) is 0 Å². The molecule has 1 rings (SSSR count). The summed E-state index contributed by atoms with van der Waals surface area (Å²) in [5.74, 6) is 0. The highest BCUT2D eigenvalue weighted by atomic mass is 15.1. The van der Waals surface area contributed by atoms with E-state index in [9.17, 15) is 0 Å². The third-order valence-electron chi connectivity index (χ3n) is 2.52. The van der Waals surface area contributed by atoms with Crippen molar-refractivity contribution in [1.82, 2.24) is 10.2 Å². The van der Waals surface area contributed by atoms with Gasteiger partial charge in [0.25, 0.3) is 0 Å². The molecular weight excluding hydrogens is 172 g/mol. The lowest BCUT2D eigenvalue weighted by atomic mass is 10.3. The topological polar surface area (TPSA) is 15.3 Å². The molecule has 1 atom stereocenters. The van der Waals surface area contributed by atoms with Gasteiger partial charge in [0.1, 0.15) is 0 Å². The van der Waals surface area contributed by atoms with Crippen molar-refractivity contribution in [2.45, 2.75) is 52.5 Å². The molecule has 0 bridgehead atoms. The molecule has 0 spiro atoms. The molecule has 14 heavy (non-hydrogen) atoms. The van der Waals surface area contributed by atoms with E-state index in [-0.39, 0.29) is 0 Å². The lowest BCUT2D eigenvalue weighted by molar-refractivity contribution is 0.335. The fourth-order valence-electron chi connectivity index (χ4n) is 1.73. The minimum atomic E-state index is 0.796. The van der Waals surface area contributed by atoms with Crippen LogP contribution in [0.1, 0.15) is 46.5 Å². The van der Waals surface area contributed by atoms with Gasteiger partial charge in [0.05, 0.1) is 0 Å². The second kappa shape index (κ2) is 9.47. The minimum absolute atomic E-state index is 0.796. The smallest absolute Gasteiger partial charge is 0.00391 e. The highest BCUT2D eigenvalue weighted by Gasteiger charge is 2.05. The van der Waals surface area contributed by atoms with E-state index >= 15 is 0 Å². The third kappa shape index (κ3) is 8.52. The van der Waals surface area contributed by atoms with Gasteiger partial charge in [0, 0.05) is 6.04 Å². The average molecular weight is 200 g/mol. The molecule has 0 aromatic heterocycles. The third-order valence-corrected chi connectivity index (χ3v) is 2.52. The quantitative estimate of drug-likeness (QED) is 0.750. The van der Waals surface area contributed by atoms with Crippen LogP contribution in [-0.4, -0.2) is 37.6 Å². The van der Waals surface area contributed by atoms with E-state index in [1.165, 1.54) is 45.3 Å². The maximum Gasteiger partial charge on any atom is 0.00391 e. The summed E-state index contributed by atoms with van der Waals surface area (Å²) < 4.78 is 0. The largest absolute Gasteiger partial charge is 0.314 e. The van der Waals surface area contributed by atoms with E-state index in [2.05, 4.69) is 38.0 Å². The first-order chi connectivity index (χ1) is 6.70. The molecule has 1 aliphatic heterocycles. The standard InChI is InChI=1S/C7H17N.C5H11N/c1-4-6-8(3)7-5-2;1-5-3-2-4-6-5/h4-7H2,1-3H3;5-6H,2-4H2,1H3. The fourth-order valence-corrected chi connectivity index (χ4v) is 1.73. The number of nitrogens with zero attached hydrogens (tertiary/aromatic N) is 1. The molecule has 0 aromatic carbocycles. The van der Waals surface area contributed by atoms with Gasteiger partial charge in [-0.2, -0.15) is 0 Å². The average Bonchev–Trinajstić information content (AvgIpc) is 2.58. The molecule has 0 aromatic rings. The molecule has 0 saturated carbocycles. The summed E-state index contributed by atoms with van der Waals surface area (Å²) in [6.07, 6.45) is 5.30. The molecule has 0 radical (unpaired) electrons. The Morgan fingerprint density at radius 2 is 1.79 bits per heavy atom. The highest BCUT2D eigenvalue weighted by Crippen LogP contribution is 2.01. The van der Waals surface area contributed by atoms with E-state index in [1.807, 2.05) is 0 Å². The van der Waals surface area contributed by atoms with Crippen molar-refractivity contribution in [2.75, 3.05) is 26.7 Å². The summed E-state index contributed by atoms with van der Waals surface area (Å²) in [6.45, 7) is 10.4. The first-order valence-electron chi connectivity index (χ1n) is 6.12. The van der Waals surface area contributed by atoms with E-state index in [0.717, 1.165) is 6.04 Å². The van der Waals surface area contributed by atoms with Gasteiger partial charge in [-0.1, -0.05) is 13.8 Å². The van der Waals surface area contributed by atoms with Gasteiger partial charge in [-0.15, -0.1) is 0 Å². The summed E-state index contributed by atoms with van der Waals surface area (Å²) in [4.78, 5) is 2.36. The number of rotatable bonds is 4. The molecule has 1 N–H and O–H groups in total. The predicted octanol–water partition coefficient (Wildman–Crippen LogP) is 2.50. The second-order valence-corrected chi connectivity index (χ2v) is 4.30. The molecule has 2 nitrogen and oxygen atoms in total. The molecule has 1 fully saturated rings. The van der Waals surface area contributed by atoms with Gasteiger partial charge in [0.2, 0.25) is 0 Å². The summed E-state index contributed by atoms with van der Waals surface area (Å²) >= 11 is 0. The van der Waals surface area contributed by atoms with Crippen LogP contribution >= 0.6 is 0 Å². The Balaban J connectivity index is 0.000000249. The Morgan fingerprint density at radius 1 is 1.21 bits per heavy atom. The lowest BCUT2D eigenvalue weighted by Gasteiger charge is -2.12. The highest BCUT2D eigenvalue weighted by molar-refractivity contribution is 4.67. The van der Waals surface area contributed by atoms with Crippen LogP contribution in [0.5, 0.6) is 0 Å². The zero-order chi connectivity index (χ0) is 10.8. The Hall–Kier alpha value is -0.0800. The van der Waals surface area contributed by atoms with Crippen LogP contribution in [0, 0.1) is 0 Å². The van der Waals surface area contributed by atoms with E-state index in [0.29, 0.717) is 0 Å². The van der Waals surface area contributed by atoms with Crippen LogP contribution in [0.4, 0.5) is 0 Å². The van der Waals surface area contributed by atoms with Crippen LogP contribution in [0.15, 0.2) is 0 Å². The van der Waals surface area contributed by atoms with E-state index in [4.69, 9.17) is 0 Å². The second-order valence-electron chi connectivity index (χ2n) is 4.30. The molecule has 1 aliphatic rings. The number of nitrogens with one attached hydrogen (secondary N) is 1. The molecule has 1 unspecified atom stereocenters. The SMILES string of the molecule is CC1CCCN1.CCCN(C)CCC. The maximum absolute atomic E-state index is 3.32. The van der Waals surface area contributed by atoms with Crippen LogP contribution in [-0.2, 0) is 0 Å². The lowest BCUT2D eigenvalue weighted by Crippen LogP contribution is -2.19. The maximum atomic E-state index is 3.32. The van der Waals surface area contributed by atoms with Gasteiger partial charge in [-0.25, -0.2) is 0 Å². The molecule has 0 amide bonds. The molecule has 1 heterocycles. The number of hydrogen-bond donors (Lipinski definition) is 1. The minimum Gasteiger partial charge on any atom is -0.314 e. The van der Waals surface area contributed by atoms with Crippen molar-refractivity contribution in [3.05, 3.63) is 0 Å². The predicted molar refractivity (Wildman–Crippen MR) is 64.8 cm³/mol. The van der Waals surface area contributed by atoms with Crippen LogP contribution in [0.2, 0.25) is 0 Å². The van der Waals surface area contributed by atoms with Crippen molar-refractivity contribution < 1.29 is 0 Å². The van der Waals surface area contributed by atoms with Crippen molar-refractivity contribution in [2.24, 2.45) is 0 Å². The number of hydrogen-bond acceptors (Lipinski definition) is 2. The summed E-state index contributed by atoms with van der Waals surface area (Å²) in [6, 6.07) is 0.796. The van der Waals surface area contributed by atoms with Crippen molar-refractivity contribution in [1.29, 1.82) is 0 Å². The van der Waals surface area contributed by atoms with Gasteiger partial charge in [-0.05, 0) is 59.3 Å². The Labute approximate surface area is 90.1 Å². The van der Waals surface area contributed by atoms with Gasteiger partial charge in [-0.3, -0.25) is 0 Å². The monoisotopic (exact) mass is 200 g/mol. The zero-order valence-electron chi connectivity index (χ0n) is 10.5. The first kappa shape index (κ1) is 13.9. The zero-order valence-corrected chi connectivity index (χ0v) is 10.5. The Kier molecular flexibility index (Phi) is 9.42. The van der Waals surface area contributed by atoms with Crippen molar-refractivity contribution >= 4 is 0 Å². The van der Waals surface area contributed by atoms with Crippen LogP contribution in [0.25, 0.3) is 0 Å². The normalized spacial score (nSPS) is 20.8. The van der Waals surface area contributed by atoms with E-state index in [1.54, 1.807) is 0 Å². The first-order valence-corrected chi connectivity index (χ1v) is 6.12. The van der Waals surface area contributed by atoms with Crippen LogP contribution in [0.3, 0.4) is 0 Å². The summed E-state index contributed by atoms with van der Waals surface area (Å²) in [5, 5.41) is 3.32. The van der Waals surface area contributed by atoms with Gasteiger partial charge >= 0.3 is 0 Å². The summed E-state index contributed by atoms with van der Waals surface area (Å²) in [7, 11) is 2.17. The molecular formula is C12H28N2. The molecule has 2 heteroatoms. The Bertz CT molecular complexity index is 103. The fraction of sp³-hybridized carbons (Fsp3) is 1.00. The molecule has 1 saturated heterocycles. The molecule has 0 aliphatic carbocycles. The van der Waals surface area contributed by atoms with Gasteiger partial charge in [0.15, 0.2) is 0 Å². The van der Waals surface area contributed by atoms with Crippen LogP contribution < -0.4 is 5.32 Å². The van der Waals surface area contributed by atoms with E-state index < -0.39 is 0 Å². The van der Waals surface area contributed by atoms with Crippen molar-refractivity contribution in [3.63, 3.8) is 0 Å².